The molecule has 1 aromatic carbocycles. The van der Waals surface area contributed by atoms with E-state index >= 15 is 0 Å². The van der Waals surface area contributed by atoms with Crippen LogP contribution in [0.4, 0.5) is 9.18 Å². The summed E-state index contributed by atoms with van der Waals surface area (Å²) in [4.78, 5) is 16.2. The van der Waals surface area contributed by atoms with Crippen LogP contribution in [0.1, 0.15) is 6.42 Å². The fourth-order valence-corrected chi connectivity index (χ4v) is 2.69. The van der Waals surface area contributed by atoms with Gasteiger partial charge in [0.25, 0.3) is 0 Å². The first-order valence-corrected chi connectivity index (χ1v) is 7.26. The van der Waals surface area contributed by atoms with Crippen LogP contribution in [0, 0.1) is 0 Å². The van der Waals surface area contributed by atoms with Crippen LogP contribution < -0.4 is 4.74 Å². The second kappa shape index (κ2) is 5.96. The Kier molecular flexibility index (Phi) is 4.02. The Morgan fingerprint density at radius 3 is 2.95 bits per heavy atom. The number of rotatable bonds is 2. The lowest BCUT2D eigenvalue weighted by Gasteiger charge is -2.33. The van der Waals surface area contributed by atoms with Crippen molar-refractivity contribution in [1.29, 1.82) is 0 Å². The summed E-state index contributed by atoms with van der Waals surface area (Å²) in [5.41, 5.74) is 0.572. The van der Waals surface area contributed by atoms with Gasteiger partial charge in [-0.2, -0.15) is 0 Å². The molecule has 22 heavy (non-hydrogen) atoms. The maximum Gasteiger partial charge on any atom is 0.407 e. The summed E-state index contributed by atoms with van der Waals surface area (Å²) >= 11 is 5.90. The second-order valence-corrected chi connectivity index (χ2v) is 5.54. The van der Waals surface area contributed by atoms with Gasteiger partial charge >= 0.3 is 6.09 Å². The molecule has 2 atom stereocenters. The average molecular weight is 325 g/mol. The van der Waals surface area contributed by atoms with Gasteiger partial charge in [0.15, 0.2) is 6.17 Å². The number of carboxylic acid groups (broad SMARTS) is 1. The van der Waals surface area contributed by atoms with Crippen molar-refractivity contribution in [3.8, 4) is 5.75 Å². The van der Waals surface area contributed by atoms with E-state index in [0.29, 0.717) is 22.8 Å². The second-order valence-electron chi connectivity index (χ2n) is 5.15. The highest BCUT2D eigenvalue weighted by molar-refractivity contribution is 6.29. The Morgan fingerprint density at radius 1 is 1.41 bits per heavy atom. The Labute approximate surface area is 131 Å². The number of hydrogen-bond donors (Lipinski definition) is 1. The number of para-hydroxylation sites is 1. The van der Waals surface area contributed by atoms with Crippen LogP contribution in [0.25, 0.3) is 10.9 Å². The van der Waals surface area contributed by atoms with E-state index < -0.39 is 18.4 Å². The third-order valence-electron chi connectivity index (χ3n) is 3.68. The smallest absolute Gasteiger partial charge is 0.407 e. The minimum absolute atomic E-state index is 0.182. The molecule has 1 aliphatic heterocycles. The molecule has 0 aliphatic carbocycles. The van der Waals surface area contributed by atoms with E-state index in [1.54, 1.807) is 18.2 Å². The molecule has 1 fully saturated rings. The van der Waals surface area contributed by atoms with Crippen molar-refractivity contribution in [2.75, 3.05) is 13.1 Å². The lowest BCUT2D eigenvalue weighted by atomic mass is 10.1. The highest BCUT2D eigenvalue weighted by atomic mass is 35.5. The number of fused-ring (bicyclic) bond motifs is 1. The van der Waals surface area contributed by atoms with E-state index in [2.05, 4.69) is 4.98 Å². The van der Waals surface area contributed by atoms with Crippen molar-refractivity contribution in [2.45, 2.75) is 18.7 Å². The van der Waals surface area contributed by atoms with Gasteiger partial charge in [-0.25, -0.2) is 14.2 Å². The van der Waals surface area contributed by atoms with Gasteiger partial charge in [0.2, 0.25) is 0 Å². The molecule has 1 N–H and O–H groups in total. The molecule has 2 heterocycles. The number of amides is 1. The molecule has 1 amide bonds. The van der Waals surface area contributed by atoms with Crippen molar-refractivity contribution >= 4 is 28.6 Å². The number of likely N-dealkylation sites (tertiary alicyclic amines) is 1. The average Bonchev–Trinajstić information content (AvgIpc) is 2.49. The molecule has 0 bridgehead atoms. The van der Waals surface area contributed by atoms with Gasteiger partial charge in [0.1, 0.15) is 22.5 Å². The Bertz CT molecular complexity index is 712. The Morgan fingerprint density at radius 2 is 2.23 bits per heavy atom. The molecule has 0 radical (unpaired) electrons. The van der Waals surface area contributed by atoms with Crippen LogP contribution in [0.5, 0.6) is 5.75 Å². The largest absolute Gasteiger partial charge is 0.485 e. The van der Waals surface area contributed by atoms with Crippen LogP contribution in [-0.2, 0) is 0 Å². The van der Waals surface area contributed by atoms with Crippen molar-refractivity contribution in [3.63, 3.8) is 0 Å². The third-order valence-corrected chi connectivity index (χ3v) is 3.89. The van der Waals surface area contributed by atoms with Gasteiger partial charge in [-0.1, -0.05) is 23.7 Å². The Balaban J connectivity index is 1.82. The first kappa shape index (κ1) is 14.8. The van der Waals surface area contributed by atoms with Crippen LogP contribution in [0.2, 0.25) is 5.15 Å². The van der Waals surface area contributed by atoms with Crippen LogP contribution in [-0.4, -0.2) is 46.4 Å². The summed E-state index contributed by atoms with van der Waals surface area (Å²) in [5, 5.41) is 10.1. The quantitative estimate of drug-likeness (QED) is 0.860. The van der Waals surface area contributed by atoms with Gasteiger partial charge in [-0.3, -0.25) is 0 Å². The molecular formula is C15H14ClFN2O3. The summed E-state index contributed by atoms with van der Waals surface area (Å²) in [6.07, 6.45) is -2.88. The van der Waals surface area contributed by atoms with Crippen LogP contribution in [0.15, 0.2) is 30.3 Å². The maximum absolute atomic E-state index is 14.1. The van der Waals surface area contributed by atoms with E-state index in [1.165, 1.54) is 0 Å². The van der Waals surface area contributed by atoms with Gasteiger partial charge < -0.3 is 14.7 Å². The molecule has 2 aromatic rings. The molecule has 1 aromatic heterocycles. The molecule has 7 heteroatoms. The van der Waals surface area contributed by atoms with E-state index in [1.807, 2.05) is 12.1 Å². The number of benzene rings is 1. The number of piperidine rings is 1. The van der Waals surface area contributed by atoms with Gasteiger partial charge in [0, 0.05) is 18.4 Å². The summed E-state index contributed by atoms with van der Waals surface area (Å²) in [6.45, 7) is 0.0678. The van der Waals surface area contributed by atoms with Crippen molar-refractivity contribution in [1.82, 2.24) is 9.88 Å². The van der Waals surface area contributed by atoms with Gasteiger partial charge in [-0.05, 0) is 18.2 Å². The third kappa shape index (κ3) is 2.92. The molecular weight excluding hydrogens is 311 g/mol. The predicted molar refractivity (Wildman–Crippen MR) is 80.3 cm³/mol. The highest BCUT2D eigenvalue weighted by Crippen LogP contribution is 2.28. The molecule has 5 nitrogen and oxygen atoms in total. The standard InChI is InChI=1S/C15H14ClFN2O3/c16-13-5-4-9-2-1-3-12(14(9)18-13)22-11-6-7-19(15(20)21)8-10(11)17/h1-5,10-11H,6-8H2,(H,20,21). The fraction of sp³-hybridized carbons (Fsp3) is 0.333. The summed E-state index contributed by atoms with van der Waals surface area (Å²) in [6, 6.07) is 8.87. The zero-order valence-electron chi connectivity index (χ0n) is 11.6. The summed E-state index contributed by atoms with van der Waals surface area (Å²) < 4.78 is 19.9. The molecule has 1 aliphatic rings. The lowest BCUT2D eigenvalue weighted by Crippen LogP contribution is -2.48. The normalized spacial score (nSPS) is 21.8. The number of halogens is 2. The lowest BCUT2D eigenvalue weighted by molar-refractivity contribution is 0.0256. The first-order chi connectivity index (χ1) is 10.5. The minimum Gasteiger partial charge on any atom is -0.485 e. The highest BCUT2D eigenvalue weighted by Gasteiger charge is 2.33. The van der Waals surface area contributed by atoms with Crippen molar-refractivity contribution in [2.24, 2.45) is 0 Å². The number of ether oxygens (including phenoxy) is 1. The maximum atomic E-state index is 14.1. The number of carbonyl (C=O) groups is 1. The predicted octanol–water partition coefficient (Wildman–Crippen LogP) is 3.36. The monoisotopic (exact) mass is 324 g/mol. The van der Waals surface area contributed by atoms with E-state index in [-0.39, 0.29) is 13.1 Å². The number of hydrogen-bond acceptors (Lipinski definition) is 3. The Hall–Kier alpha value is -2.08. The molecule has 2 unspecified atom stereocenters. The number of pyridine rings is 1. The SMILES string of the molecule is O=C(O)N1CCC(Oc2cccc3ccc(Cl)nc23)C(F)C1. The minimum atomic E-state index is -1.38. The topological polar surface area (TPSA) is 62.7 Å². The van der Waals surface area contributed by atoms with Crippen LogP contribution >= 0.6 is 11.6 Å². The van der Waals surface area contributed by atoms with Crippen molar-refractivity contribution < 1.29 is 19.0 Å². The summed E-state index contributed by atoms with van der Waals surface area (Å²) in [7, 11) is 0. The first-order valence-electron chi connectivity index (χ1n) is 6.88. The molecule has 0 saturated carbocycles. The number of alkyl halides is 1. The molecule has 116 valence electrons. The zero-order chi connectivity index (χ0) is 15.7. The van der Waals surface area contributed by atoms with E-state index in [0.717, 1.165) is 10.3 Å². The molecule has 3 rings (SSSR count). The van der Waals surface area contributed by atoms with E-state index in [9.17, 15) is 9.18 Å². The van der Waals surface area contributed by atoms with Crippen molar-refractivity contribution in [3.05, 3.63) is 35.5 Å². The zero-order valence-corrected chi connectivity index (χ0v) is 12.3. The summed E-state index contributed by atoms with van der Waals surface area (Å²) in [5.74, 6) is 0.455. The molecule has 1 saturated heterocycles. The van der Waals surface area contributed by atoms with Gasteiger partial charge in [0.05, 0.1) is 6.54 Å². The number of aromatic nitrogens is 1. The van der Waals surface area contributed by atoms with Crippen LogP contribution in [0.3, 0.4) is 0 Å². The molecule has 0 spiro atoms. The number of nitrogens with zero attached hydrogens (tertiary/aromatic N) is 2. The fourth-order valence-electron chi connectivity index (χ4n) is 2.54. The van der Waals surface area contributed by atoms with E-state index in [4.69, 9.17) is 21.4 Å². The van der Waals surface area contributed by atoms with Gasteiger partial charge in [-0.15, -0.1) is 0 Å².